The Morgan fingerprint density at radius 1 is 1.55 bits per heavy atom. The van der Waals surface area contributed by atoms with Gasteiger partial charge in [-0.1, -0.05) is 19.9 Å². The van der Waals surface area contributed by atoms with Gasteiger partial charge in [0, 0.05) is 5.57 Å². The average Bonchev–Trinajstić information content (AvgIpc) is 1.88. The molecule has 2 N–H and O–H groups in total. The summed E-state index contributed by atoms with van der Waals surface area (Å²) in [6.07, 6.45) is 1.97. The summed E-state index contributed by atoms with van der Waals surface area (Å²) >= 11 is 0. The van der Waals surface area contributed by atoms with Crippen molar-refractivity contribution >= 4 is 5.97 Å². The molecule has 0 rings (SSSR count). The summed E-state index contributed by atoms with van der Waals surface area (Å²) in [5.74, 6) is -0.284. The van der Waals surface area contributed by atoms with Crippen LogP contribution in [0.1, 0.15) is 26.7 Å². The van der Waals surface area contributed by atoms with Gasteiger partial charge in [-0.15, -0.1) is 0 Å². The minimum absolute atomic E-state index is 0. The highest BCUT2D eigenvalue weighted by molar-refractivity contribution is 5.86. The predicted octanol–water partition coefficient (Wildman–Crippen LogP) is 1.08. The maximum absolute atomic E-state index is 10.7. The lowest BCUT2D eigenvalue weighted by molar-refractivity contribution is -0.139. The van der Waals surface area contributed by atoms with Crippen molar-refractivity contribution in [3.8, 4) is 0 Å². The van der Waals surface area contributed by atoms with Crippen molar-refractivity contribution in [1.82, 2.24) is 0 Å². The summed E-state index contributed by atoms with van der Waals surface area (Å²) in [4.78, 5) is 10.7. The van der Waals surface area contributed by atoms with Crippen molar-refractivity contribution in [1.29, 1.82) is 0 Å². The fourth-order valence-corrected chi connectivity index (χ4v) is 0.432. The minimum atomic E-state index is -0.284. The molecule has 0 unspecified atom stereocenters. The summed E-state index contributed by atoms with van der Waals surface area (Å²) < 4.78 is 4.81. The van der Waals surface area contributed by atoms with E-state index in [1.807, 2.05) is 0 Å². The van der Waals surface area contributed by atoms with Crippen LogP contribution in [0.25, 0.3) is 0 Å². The molecule has 0 aromatic carbocycles. The number of hydrogen-bond donors (Lipinski definition) is 0. The molecule has 11 heavy (non-hydrogen) atoms. The average molecular weight is 160 g/mol. The van der Waals surface area contributed by atoms with Crippen LogP contribution in [0, 0.1) is 0 Å². The van der Waals surface area contributed by atoms with Gasteiger partial charge in [0.15, 0.2) is 0 Å². The molecule has 3 nitrogen and oxygen atoms in total. The van der Waals surface area contributed by atoms with Gasteiger partial charge < -0.3 is 10.2 Å². The summed E-state index contributed by atoms with van der Waals surface area (Å²) in [6.45, 7) is 7.67. The molecule has 0 bridgehead atoms. The van der Waals surface area contributed by atoms with Crippen molar-refractivity contribution in [2.75, 3.05) is 6.61 Å². The Morgan fingerprint density at radius 2 is 2.09 bits per heavy atom. The standard InChI is InChI=1S/C8H14O2.H2O/c1-4-5-6-10-8(9)7(2)3;/h2,4-6H2,1,3H3;1H2. The van der Waals surface area contributed by atoms with E-state index in [0.29, 0.717) is 12.2 Å². The van der Waals surface area contributed by atoms with Crippen LogP contribution < -0.4 is 0 Å². The first-order valence-electron chi connectivity index (χ1n) is 3.51. The zero-order chi connectivity index (χ0) is 7.98. The van der Waals surface area contributed by atoms with Gasteiger partial charge in [0.1, 0.15) is 0 Å². The van der Waals surface area contributed by atoms with Gasteiger partial charge in [-0.25, -0.2) is 4.79 Å². The normalized spacial score (nSPS) is 8.18. The lowest BCUT2D eigenvalue weighted by Gasteiger charge is -2.01. The molecular formula is C8H16O3. The molecule has 3 heteroatoms. The second kappa shape index (κ2) is 7.28. The molecule has 0 atom stereocenters. The fraction of sp³-hybridized carbons (Fsp3) is 0.625. The summed E-state index contributed by atoms with van der Waals surface area (Å²) in [5.41, 5.74) is 0.469. The first kappa shape index (κ1) is 12.8. The molecular weight excluding hydrogens is 144 g/mol. The molecule has 0 aliphatic carbocycles. The van der Waals surface area contributed by atoms with Gasteiger partial charge in [-0.2, -0.15) is 0 Å². The summed E-state index contributed by atoms with van der Waals surface area (Å²) in [6, 6.07) is 0. The lowest BCUT2D eigenvalue weighted by atomic mass is 10.3. The zero-order valence-electron chi connectivity index (χ0n) is 7.14. The van der Waals surface area contributed by atoms with Crippen LogP contribution in [-0.4, -0.2) is 18.1 Å². The second-order valence-electron chi connectivity index (χ2n) is 2.27. The van der Waals surface area contributed by atoms with Crippen molar-refractivity contribution in [2.45, 2.75) is 26.7 Å². The van der Waals surface area contributed by atoms with Gasteiger partial charge in [-0.3, -0.25) is 0 Å². The third-order valence-electron chi connectivity index (χ3n) is 1.08. The highest BCUT2D eigenvalue weighted by Gasteiger charge is 2.00. The highest BCUT2D eigenvalue weighted by Crippen LogP contribution is 1.94. The van der Waals surface area contributed by atoms with Crippen molar-refractivity contribution in [3.63, 3.8) is 0 Å². The first-order chi connectivity index (χ1) is 4.68. The van der Waals surface area contributed by atoms with Crippen LogP contribution in [0.15, 0.2) is 12.2 Å². The van der Waals surface area contributed by atoms with E-state index in [-0.39, 0.29) is 11.4 Å². The Balaban J connectivity index is 0. The van der Waals surface area contributed by atoms with E-state index in [4.69, 9.17) is 4.74 Å². The van der Waals surface area contributed by atoms with Crippen LogP contribution in [0.4, 0.5) is 0 Å². The number of hydrogen-bond acceptors (Lipinski definition) is 2. The first-order valence-corrected chi connectivity index (χ1v) is 3.51. The second-order valence-corrected chi connectivity index (χ2v) is 2.27. The van der Waals surface area contributed by atoms with Gasteiger partial charge in [0.05, 0.1) is 6.61 Å². The lowest BCUT2D eigenvalue weighted by Crippen LogP contribution is -2.05. The summed E-state index contributed by atoms with van der Waals surface area (Å²) in [5, 5.41) is 0. The summed E-state index contributed by atoms with van der Waals surface area (Å²) in [7, 11) is 0. The Bertz CT molecular complexity index is 129. The highest BCUT2D eigenvalue weighted by atomic mass is 16.5. The molecule has 0 fully saturated rings. The van der Waals surface area contributed by atoms with Crippen molar-refractivity contribution in [3.05, 3.63) is 12.2 Å². The molecule has 66 valence electrons. The number of ether oxygens (including phenoxy) is 1. The molecule has 0 amide bonds. The van der Waals surface area contributed by atoms with Crippen molar-refractivity contribution < 1.29 is 15.0 Å². The molecule has 0 aromatic rings. The Morgan fingerprint density at radius 3 is 2.45 bits per heavy atom. The molecule has 0 saturated carbocycles. The molecule has 0 radical (unpaired) electrons. The molecule has 0 aliphatic heterocycles. The topological polar surface area (TPSA) is 57.8 Å². The van der Waals surface area contributed by atoms with E-state index in [2.05, 4.69) is 13.5 Å². The minimum Gasteiger partial charge on any atom is -0.462 e. The van der Waals surface area contributed by atoms with E-state index in [0.717, 1.165) is 12.8 Å². The molecule has 0 saturated heterocycles. The van der Waals surface area contributed by atoms with Gasteiger partial charge in [0.25, 0.3) is 0 Å². The SMILES string of the molecule is C=C(C)C(=O)OCCCC.O. The molecule has 0 aromatic heterocycles. The van der Waals surface area contributed by atoms with Crippen molar-refractivity contribution in [2.24, 2.45) is 0 Å². The largest absolute Gasteiger partial charge is 0.462 e. The number of carbonyl (C=O) groups is 1. The van der Waals surface area contributed by atoms with E-state index in [9.17, 15) is 4.79 Å². The maximum Gasteiger partial charge on any atom is 0.333 e. The monoisotopic (exact) mass is 160 g/mol. The van der Waals surface area contributed by atoms with Crippen LogP contribution in [0.2, 0.25) is 0 Å². The van der Waals surface area contributed by atoms with E-state index >= 15 is 0 Å². The molecule has 0 heterocycles. The van der Waals surface area contributed by atoms with Gasteiger partial charge in [-0.05, 0) is 13.3 Å². The Labute approximate surface area is 67.4 Å². The number of unbranched alkanes of at least 4 members (excludes halogenated alkanes) is 1. The molecule has 0 spiro atoms. The van der Waals surface area contributed by atoms with Crippen LogP contribution in [0.3, 0.4) is 0 Å². The predicted molar refractivity (Wildman–Crippen MR) is 44.3 cm³/mol. The van der Waals surface area contributed by atoms with E-state index in [1.165, 1.54) is 0 Å². The smallest absolute Gasteiger partial charge is 0.333 e. The maximum atomic E-state index is 10.7. The number of rotatable bonds is 4. The third-order valence-corrected chi connectivity index (χ3v) is 1.08. The zero-order valence-corrected chi connectivity index (χ0v) is 7.14. The van der Waals surface area contributed by atoms with Gasteiger partial charge >= 0.3 is 5.97 Å². The van der Waals surface area contributed by atoms with Gasteiger partial charge in [0.2, 0.25) is 0 Å². The third kappa shape index (κ3) is 7.06. The van der Waals surface area contributed by atoms with Crippen LogP contribution in [-0.2, 0) is 9.53 Å². The molecule has 0 aliphatic rings. The van der Waals surface area contributed by atoms with E-state index in [1.54, 1.807) is 6.92 Å². The Kier molecular flexibility index (Phi) is 8.48. The number of carbonyl (C=O) groups excluding carboxylic acids is 1. The van der Waals surface area contributed by atoms with E-state index < -0.39 is 0 Å². The Hall–Kier alpha value is -0.830. The van der Waals surface area contributed by atoms with Crippen LogP contribution in [0.5, 0.6) is 0 Å². The van der Waals surface area contributed by atoms with Crippen LogP contribution >= 0.6 is 0 Å². The number of esters is 1. The fourth-order valence-electron chi connectivity index (χ4n) is 0.432. The quantitative estimate of drug-likeness (QED) is 0.351.